The van der Waals surface area contributed by atoms with Crippen LogP contribution in [-0.4, -0.2) is 30.0 Å². The van der Waals surface area contributed by atoms with E-state index in [9.17, 15) is 21.6 Å². The summed E-state index contributed by atoms with van der Waals surface area (Å²) in [6.07, 6.45) is 0.547. The Morgan fingerprint density at radius 1 is 1.00 bits per heavy atom. The summed E-state index contributed by atoms with van der Waals surface area (Å²) in [5.74, 6) is -0.0688. The number of halogens is 3. The number of sulfone groups is 1. The number of benzene rings is 2. The van der Waals surface area contributed by atoms with E-state index < -0.39 is 21.6 Å². The highest BCUT2D eigenvalue weighted by atomic mass is 32.2. The van der Waals surface area contributed by atoms with E-state index in [2.05, 4.69) is 15.0 Å². The van der Waals surface area contributed by atoms with Crippen molar-refractivity contribution in [3.8, 4) is 16.3 Å². The molecular weight excluding hydrogens is 499 g/mol. The molecule has 1 aliphatic rings. The zero-order valence-electron chi connectivity index (χ0n) is 18.1. The van der Waals surface area contributed by atoms with Crippen LogP contribution in [0.1, 0.15) is 34.9 Å². The highest BCUT2D eigenvalue weighted by Gasteiger charge is 2.33. The number of aromatic nitrogens is 3. The zero-order chi connectivity index (χ0) is 24.6. The molecule has 2 aromatic carbocycles. The van der Waals surface area contributed by atoms with Gasteiger partial charge in [-0.15, -0.1) is 11.3 Å². The maximum absolute atomic E-state index is 13.4. The Bertz CT molecular complexity index is 1460. The van der Waals surface area contributed by atoms with Crippen LogP contribution in [0.2, 0.25) is 0 Å². The van der Waals surface area contributed by atoms with E-state index in [1.54, 1.807) is 23.7 Å². The molecule has 2 aromatic heterocycles. The van der Waals surface area contributed by atoms with Crippen molar-refractivity contribution in [2.24, 2.45) is 0 Å². The van der Waals surface area contributed by atoms with E-state index >= 15 is 0 Å². The molecule has 4 aromatic rings. The van der Waals surface area contributed by atoms with Crippen molar-refractivity contribution in [2.45, 2.75) is 29.2 Å². The molecule has 180 valence electrons. The maximum atomic E-state index is 13.4. The first-order valence-corrected chi connectivity index (χ1v) is 13.1. The fraction of sp³-hybridized carbons (Fsp3) is 0.208. The lowest BCUT2D eigenvalue weighted by Gasteiger charge is -2.28. The molecule has 0 radical (unpaired) electrons. The van der Waals surface area contributed by atoms with E-state index in [1.807, 2.05) is 0 Å². The van der Waals surface area contributed by atoms with Crippen molar-refractivity contribution >= 4 is 21.2 Å². The average Bonchev–Trinajstić information content (AvgIpc) is 3.38. The number of alkyl halides is 3. The molecule has 0 aliphatic carbocycles. The van der Waals surface area contributed by atoms with Gasteiger partial charge in [0.1, 0.15) is 22.3 Å². The molecule has 0 N–H and O–H groups in total. The van der Waals surface area contributed by atoms with Crippen molar-refractivity contribution in [1.29, 1.82) is 0 Å². The molecule has 0 spiro atoms. The van der Waals surface area contributed by atoms with E-state index in [0.29, 0.717) is 40.5 Å². The van der Waals surface area contributed by atoms with Crippen molar-refractivity contribution < 1.29 is 26.3 Å². The van der Waals surface area contributed by atoms with Crippen LogP contribution in [-0.2, 0) is 21.8 Å². The number of ether oxygens (including phenoxy) is 1. The summed E-state index contributed by atoms with van der Waals surface area (Å²) in [6, 6.07) is 9.91. The first-order valence-electron chi connectivity index (χ1n) is 10.6. The lowest BCUT2D eigenvalue weighted by Crippen LogP contribution is -2.17. The molecule has 6 nitrogen and oxygen atoms in total. The minimum absolute atomic E-state index is 0.0666. The molecule has 0 saturated carbocycles. The zero-order valence-corrected chi connectivity index (χ0v) is 19.7. The fourth-order valence-corrected chi connectivity index (χ4v) is 6.02. The second-order valence-electron chi connectivity index (χ2n) is 7.95. The largest absolute Gasteiger partial charge is 0.493 e. The van der Waals surface area contributed by atoms with Crippen molar-refractivity contribution in [2.75, 3.05) is 6.61 Å². The second-order valence-corrected chi connectivity index (χ2v) is 10.8. The van der Waals surface area contributed by atoms with Crippen LogP contribution in [0.4, 0.5) is 13.2 Å². The Kier molecular flexibility index (Phi) is 6.06. The SMILES string of the molecule is O=S(=O)(Cc1ncccn1)c1ccc2c(c1)OCC[C@@H]2c1ccc(C(F)(F)F)cc1-c1nccs1. The molecule has 1 atom stereocenters. The standard InChI is InChI=1S/C24H18F3N3O3S2/c25-24(26,27)15-2-4-17(20(12-15)23-30-9-11-34-23)18-6-10-33-21-13-16(3-5-19(18)21)35(31,32)14-22-28-7-1-8-29-22/h1-5,7-9,11-13,18H,6,10,14H2/t18-/m1/s1. The quantitative estimate of drug-likeness (QED) is 0.347. The van der Waals surface area contributed by atoms with Gasteiger partial charge < -0.3 is 4.74 Å². The monoisotopic (exact) mass is 517 g/mol. The Hall–Kier alpha value is -3.31. The Morgan fingerprint density at radius 3 is 2.49 bits per heavy atom. The molecule has 5 rings (SSSR count). The van der Waals surface area contributed by atoms with Gasteiger partial charge in [-0.25, -0.2) is 23.4 Å². The summed E-state index contributed by atoms with van der Waals surface area (Å²) >= 11 is 1.26. The van der Waals surface area contributed by atoms with E-state index in [0.717, 1.165) is 12.1 Å². The molecule has 0 unspecified atom stereocenters. The number of rotatable bonds is 5. The van der Waals surface area contributed by atoms with Gasteiger partial charge in [0, 0.05) is 41.0 Å². The van der Waals surface area contributed by atoms with Gasteiger partial charge in [-0.2, -0.15) is 13.2 Å². The molecule has 0 fully saturated rings. The number of nitrogens with zero attached hydrogens (tertiary/aromatic N) is 3. The number of hydrogen-bond donors (Lipinski definition) is 0. The molecule has 0 bridgehead atoms. The number of hydrogen-bond acceptors (Lipinski definition) is 7. The van der Waals surface area contributed by atoms with Crippen LogP contribution in [0, 0.1) is 0 Å². The average molecular weight is 518 g/mol. The fourth-order valence-electron chi connectivity index (χ4n) is 4.12. The van der Waals surface area contributed by atoms with E-state index in [1.165, 1.54) is 41.9 Å². The Labute approximate surface area is 203 Å². The normalized spacial score (nSPS) is 15.9. The second kappa shape index (κ2) is 9.04. The van der Waals surface area contributed by atoms with Crippen molar-refractivity contribution in [3.05, 3.63) is 88.9 Å². The molecule has 3 heterocycles. The molecular formula is C24H18F3N3O3S2. The van der Waals surface area contributed by atoms with Gasteiger partial charge in [0.2, 0.25) is 0 Å². The lowest BCUT2D eigenvalue weighted by atomic mass is 9.83. The van der Waals surface area contributed by atoms with Gasteiger partial charge in [0.05, 0.1) is 17.1 Å². The van der Waals surface area contributed by atoms with Gasteiger partial charge in [-0.1, -0.05) is 12.1 Å². The van der Waals surface area contributed by atoms with Crippen LogP contribution in [0.3, 0.4) is 0 Å². The molecule has 1 aliphatic heterocycles. The van der Waals surface area contributed by atoms with Crippen LogP contribution < -0.4 is 4.74 Å². The molecule has 0 amide bonds. The summed E-state index contributed by atoms with van der Waals surface area (Å²) < 4.78 is 71.9. The van der Waals surface area contributed by atoms with Gasteiger partial charge in [-0.05, 0) is 42.3 Å². The van der Waals surface area contributed by atoms with Crippen LogP contribution in [0.15, 0.2) is 71.3 Å². The van der Waals surface area contributed by atoms with Gasteiger partial charge >= 0.3 is 6.18 Å². The smallest absolute Gasteiger partial charge is 0.416 e. The summed E-state index contributed by atoms with van der Waals surface area (Å²) in [6.45, 7) is 0.293. The first kappa shape index (κ1) is 23.4. The van der Waals surface area contributed by atoms with Crippen LogP contribution in [0.5, 0.6) is 5.75 Å². The summed E-state index contributed by atoms with van der Waals surface area (Å²) in [5, 5.41) is 2.20. The van der Waals surface area contributed by atoms with Crippen LogP contribution in [0.25, 0.3) is 10.6 Å². The summed E-state index contributed by atoms with van der Waals surface area (Å²) in [4.78, 5) is 12.3. The van der Waals surface area contributed by atoms with Crippen molar-refractivity contribution in [1.82, 2.24) is 15.0 Å². The van der Waals surface area contributed by atoms with Gasteiger partial charge in [0.15, 0.2) is 9.84 Å². The Balaban J connectivity index is 1.54. The Morgan fingerprint density at radius 2 is 1.77 bits per heavy atom. The van der Waals surface area contributed by atoms with Crippen molar-refractivity contribution in [3.63, 3.8) is 0 Å². The number of fused-ring (bicyclic) bond motifs is 1. The number of thiazole rings is 1. The summed E-state index contributed by atoms with van der Waals surface area (Å²) in [5.41, 5.74) is 1.06. The van der Waals surface area contributed by atoms with E-state index in [4.69, 9.17) is 4.74 Å². The van der Waals surface area contributed by atoms with Gasteiger partial charge in [0.25, 0.3) is 0 Å². The minimum Gasteiger partial charge on any atom is -0.493 e. The third-order valence-electron chi connectivity index (χ3n) is 5.74. The molecule has 11 heteroatoms. The highest BCUT2D eigenvalue weighted by Crippen LogP contribution is 2.44. The lowest BCUT2D eigenvalue weighted by molar-refractivity contribution is -0.137. The predicted octanol–water partition coefficient (Wildman–Crippen LogP) is 5.51. The molecule has 0 saturated heterocycles. The minimum atomic E-state index is -4.48. The highest BCUT2D eigenvalue weighted by molar-refractivity contribution is 7.90. The third kappa shape index (κ3) is 4.78. The molecule has 35 heavy (non-hydrogen) atoms. The first-order chi connectivity index (χ1) is 16.7. The van der Waals surface area contributed by atoms with Gasteiger partial charge in [-0.3, -0.25) is 0 Å². The van der Waals surface area contributed by atoms with Crippen LogP contribution >= 0.6 is 11.3 Å². The maximum Gasteiger partial charge on any atom is 0.416 e. The predicted molar refractivity (Wildman–Crippen MR) is 124 cm³/mol. The summed E-state index contributed by atoms with van der Waals surface area (Å²) in [7, 11) is -3.73. The topological polar surface area (TPSA) is 82.0 Å². The third-order valence-corrected chi connectivity index (χ3v) is 8.16. The van der Waals surface area contributed by atoms with E-state index in [-0.39, 0.29) is 22.4 Å².